The number of rotatable bonds is 5. The van der Waals surface area contributed by atoms with Gasteiger partial charge in [-0.1, -0.05) is 19.3 Å². The van der Waals surface area contributed by atoms with Crippen LogP contribution in [0.25, 0.3) is 0 Å². The lowest BCUT2D eigenvalue weighted by Crippen LogP contribution is -2.63. The molecule has 3 aliphatic rings. The average Bonchev–Trinajstić information content (AvgIpc) is 2.61. The molecule has 1 saturated carbocycles. The second-order valence-corrected chi connectivity index (χ2v) is 9.67. The first-order valence-corrected chi connectivity index (χ1v) is 11.1. The molecule has 1 unspecified atom stereocenters. The lowest BCUT2D eigenvalue weighted by Gasteiger charge is -2.51. The maximum Gasteiger partial charge on any atom is 0.221 e. The van der Waals surface area contributed by atoms with Crippen LogP contribution in [0, 0.1) is 0 Å². The Hall–Kier alpha value is -0.300. The second-order valence-electron chi connectivity index (χ2n) is 8.52. The molecule has 0 radical (unpaired) electrons. The summed E-state index contributed by atoms with van der Waals surface area (Å²) in [6.07, 6.45) is 6.87. The Morgan fingerprint density at radius 3 is 2.80 bits per heavy atom. The van der Waals surface area contributed by atoms with E-state index in [1.807, 2.05) is 11.8 Å². The van der Waals surface area contributed by atoms with E-state index in [2.05, 4.69) is 29.4 Å². The summed E-state index contributed by atoms with van der Waals surface area (Å²) in [6, 6.07) is 0.336. The summed E-state index contributed by atoms with van der Waals surface area (Å²) in [5.41, 5.74) is 0.0413. The second kappa shape index (κ2) is 8.59. The predicted molar refractivity (Wildman–Crippen MR) is 104 cm³/mol. The van der Waals surface area contributed by atoms with Gasteiger partial charge in [-0.15, -0.1) is 0 Å². The molecule has 25 heavy (non-hydrogen) atoms. The van der Waals surface area contributed by atoms with E-state index in [1.165, 1.54) is 32.1 Å². The summed E-state index contributed by atoms with van der Waals surface area (Å²) < 4.78 is 5.92. The maximum atomic E-state index is 12.5. The highest BCUT2D eigenvalue weighted by molar-refractivity contribution is 7.99. The van der Waals surface area contributed by atoms with E-state index in [0.29, 0.717) is 12.5 Å². The molecule has 144 valence electrons. The molecule has 0 aromatic carbocycles. The Balaban J connectivity index is 1.57. The molecule has 2 saturated heterocycles. The van der Waals surface area contributed by atoms with Crippen molar-refractivity contribution in [3.8, 4) is 0 Å². The number of hydrogen-bond donors (Lipinski definition) is 2. The van der Waals surface area contributed by atoms with Gasteiger partial charge in [-0.2, -0.15) is 11.8 Å². The van der Waals surface area contributed by atoms with E-state index in [9.17, 15) is 4.79 Å². The number of thioether (sulfide) groups is 1. The highest BCUT2D eigenvalue weighted by atomic mass is 32.2. The quantitative estimate of drug-likeness (QED) is 0.776. The molecule has 3 rings (SSSR count). The minimum absolute atomic E-state index is 0.0874. The van der Waals surface area contributed by atoms with Crippen molar-refractivity contribution < 1.29 is 9.53 Å². The summed E-state index contributed by atoms with van der Waals surface area (Å²) in [5.74, 6) is 2.42. The van der Waals surface area contributed by atoms with Crippen molar-refractivity contribution in [3.63, 3.8) is 0 Å². The Bertz CT molecular complexity index is 446. The van der Waals surface area contributed by atoms with Crippen molar-refractivity contribution in [2.45, 2.75) is 69.6 Å². The third-order valence-electron chi connectivity index (χ3n) is 5.93. The van der Waals surface area contributed by atoms with Crippen molar-refractivity contribution in [2.24, 2.45) is 0 Å². The van der Waals surface area contributed by atoms with Crippen LogP contribution in [0.3, 0.4) is 0 Å². The van der Waals surface area contributed by atoms with Crippen LogP contribution in [-0.2, 0) is 9.53 Å². The van der Waals surface area contributed by atoms with Gasteiger partial charge in [0.25, 0.3) is 0 Å². The molecular formula is C19H35N3O2S. The van der Waals surface area contributed by atoms with E-state index in [4.69, 9.17) is 4.74 Å². The van der Waals surface area contributed by atoms with Crippen molar-refractivity contribution >= 4 is 17.7 Å². The first-order valence-electron chi connectivity index (χ1n) is 9.96. The molecule has 1 atom stereocenters. The van der Waals surface area contributed by atoms with E-state index in [-0.39, 0.29) is 17.0 Å². The minimum Gasteiger partial charge on any atom is -0.373 e. The van der Waals surface area contributed by atoms with Gasteiger partial charge in [0.05, 0.1) is 12.2 Å². The van der Waals surface area contributed by atoms with Gasteiger partial charge >= 0.3 is 0 Å². The maximum absolute atomic E-state index is 12.5. The van der Waals surface area contributed by atoms with Crippen LogP contribution in [0.5, 0.6) is 0 Å². The number of nitrogens with one attached hydrogen (secondary N) is 2. The minimum atomic E-state index is -0.0874. The monoisotopic (exact) mass is 369 g/mol. The summed E-state index contributed by atoms with van der Waals surface area (Å²) in [4.78, 5) is 15.1. The Morgan fingerprint density at radius 2 is 2.12 bits per heavy atom. The van der Waals surface area contributed by atoms with Crippen LogP contribution < -0.4 is 10.6 Å². The average molecular weight is 370 g/mol. The third kappa shape index (κ3) is 5.34. The van der Waals surface area contributed by atoms with E-state index < -0.39 is 0 Å². The van der Waals surface area contributed by atoms with Gasteiger partial charge < -0.3 is 15.4 Å². The zero-order valence-corrected chi connectivity index (χ0v) is 16.8. The first-order chi connectivity index (χ1) is 12.0. The standard InChI is InChI=1S/C19H35N3O2S/c1-18(2)15-22(9-10-24-18)19(6-4-3-5-7-19)14-21-17(23)12-16-13-25-11-8-20-16/h16,20H,3-15H2,1-2H3,(H,21,23). The normalized spacial score (nSPS) is 29.9. The zero-order valence-electron chi connectivity index (χ0n) is 15.9. The molecule has 1 amide bonds. The van der Waals surface area contributed by atoms with Crippen LogP contribution >= 0.6 is 11.8 Å². The van der Waals surface area contributed by atoms with Gasteiger partial charge in [0, 0.05) is 55.7 Å². The molecular weight excluding hydrogens is 334 g/mol. The molecule has 1 aliphatic carbocycles. The van der Waals surface area contributed by atoms with Gasteiger partial charge in [0.2, 0.25) is 5.91 Å². The van der Waals surface area contributed by atoms with E-state index in [1.54, 1.807) is 0 Å². The van der Waals surface area contributed by atoms with Gasteiger partial charge in [0.15, 0.2) is 0 Å². The molecule has 0 bridgehead atoms. The molecule has 3 fully saturated rings. The highest BCUT2D eigenvalue weighted by Gasteiger charge is 2.42. The number of carbonyl (C=O) groups is 1. The largest absolute Gasteiger partial charge is 0.373 e. The lowest BCUT2D eigenvalue weighted by atomic mass is 9.79. The van der Waals surface area contributed by atoms with Crippen molar-refractivity contribution in [3.05, 3.63) is 0 Å². The summed E-state index contributed by atoms with van der Waals surface area (Å²) in [7, 11) is 0. The highest BCUT2D eigenvalue weighted by Crippen LogP contribution is 2.36. The predicted octanol–water partition coefficient (Wildman–Crippen LogP) is 2.01. The molecule has 0 aromatic rings. The number of morpholine rings is 1. The van der Waals surface area contributed by atoms with Crippen molar-refractivity contribution in [2.75, 3.05) is 44.3 Å². The van der Waals surface area contributed by atoms with Crippen molar-refractivity contribution in [1.29, 1.82) is 0 Å². The molecule has 0 spiro atoms. The van der Waals surface area contributed by atoms with Crippen LogP contribution in [0.2, 0.25) is 0 Å². The molecule has 0 aromatic heterocycles. The smallest absolute Gasteiger partial charge is 0.221 e. The molecule has 5 nitrogen and oxygen atoms in total. The SMILES string of the molecule is CC1(C)CN(C2(CNC(=O)CC3CSCCN3)CCCCC2)CCO1. The number of amides is 1. The van der Waals surface area contributed by atoms with Crippen LogP contribution in [0.4, 0.5) is 0 Å². The third-order valence-corrected chi connectivity index (χ3v) is 7.06. The van der Waals surface area contributed by atoms with Gasteiger partial charge in [0.1, 0.15) is 0 Å². The van der Waals surface area contributed by atoms with Crippen LogP contribution in [-0.4, -0.2) is 72.3 Å². The number of ether oxygens (including phenoxy) is 1. The Labute approximate surface area is 157 Å². The van der Waals surface area contributed by atoms with Gasteiger partial charge in [-0.05, 0) is 26.7 Å². The number of nitrogens with zero attached hydrogens (tertiary/aromatic N) is 1. The topological polar surface area (TPSA) is 53.6 Å². The Morgan fingerprint density at radius 1 is 1.32 bits per heavy atom. The van der Waals surface area contributed by atoms with Crippen LogP contribution in [0.1, 0.15) is 52.4 Å². The molecule has 2 heterocycles. The summed E-state index contributed by atoms with van der Waals surface area (Å²) in [5, 5.41) is 6.76. The Kier molecular flexibility index (Phi) is 6.69. The fraction of sp³-hybridized carbons (Fsp3) is 0.947. The fourth-order valence-corrected chi connectivity index (χ4v) is 5.50. The summed E-state index contributed by atoms with van der Waals surface area (Å²) >= 11 is 1.95. The summed E-state index contributed by atoms with van der Waals surface area (Å²) in [6.45, 7) is 8.92. The molecule has 2 N–H and O–H groups in total. The van der Waals surface area contributed by atoms with Gasteiger partial charge in [-0.3, -0.25) is 9.69 Å². The van der Waals surface area contributed by atoms with Crippen molar-refractivity contribution in [1.82, 2.24) is 15.5 Å². The first kappa shape index (κ1) is 19.5. The van der Waals surface area contributed by atoms with Gasteiger partial charge in [-0.25, -0.2) is 0 Å². The zero-order chi connectivity index (χ0) is 17.8. The number of carbonyl (C=O) groups excluding carboxylic acids is 1. The van der Waals surface area contributed by atoms with E-state index in [0.717, 1.165) is 44.3 Å². The van der Waals surface area contributed by atoms with E-state index >= 15 is 0 Å². The number of hydrogen-bond acceptors (Lipinski definition) is 5. The lowest BCUT2D eigenvalue weighted by molar-refractivity contribution is -0.129. The fourth-order valence-electron chi connectivity index (χ4n) is 4.55. The molecule has 6 heteroatoms. The molecule has 2 aliphatic heterocycles. The van der Waals surface area contributed by atoms with Crippen LogP contribution in [0.15, 0.2) is 0 Å².